The monoisotopic (exact) mass is 254 g/mol. The van der Waals surface area contributed by atoms with Crippen LogP contribution in [-0.2, 0) is 5.54 Å². The fourth-order valence-corrected chi connectivity index (χ4v) is 2.30. The fraction of sp³-hybridized carbons (Fsp3) is 0.267. The van der Waals surface area contributed by atoms with E-state index in [1.165, 1.54) is 5.39 Å². The molecule has 0 amide bonds. The Morgan fingerprint density at radius 2 is 1.95 bits per heavy atom. The van der Waals surface area contributed by atoms with Crippen LogP contribution in [0, 0.1) is 6.92 Å². The molecule has 0 atom stereocenters. The third kappa shape index (κ3) is 1.94. The van der Waals surface area contributed by atoms with Crippen molar-refractivity contribution in [2.45, 2.75) is 26.3 Å². The number of hydrogen-bond donors (Lipinski definition) is 3. The zero-order valence-electron chi connectivity index (χ0n) is 11.4. The molecule has 0 aliphatic carbocycles. The lowest BCUT2D eigenvalue weighted by molar-refractivity contribution is 0.520. The lowest BCUT2D eigenvalue weighted by atomic mass is 10.1. The van der Waals surface area contributed by atoms with Gasteiger partial charge in [-0.05, 0) is 26.8 Å². The molecule has 0 radical (unpaired) electrons. The Labute approximate surface area is 112 Å². The average molecular weight is 254 g/mol. The van der Waals surface area contributed by atoms with Gasteiger partial charge in [0.2, 0.25) is 0 Å². The highest BCUT2D eigenvalue weighted by molar-refractivity contribution is 5.95. The van der Waals surface area contributed by atoms with E-state index in [9.17, 15) is 0 Å². The van der Waals surface area contributed by atoms with Gasteiger partial charge < -0.3 is 15.7 Å². The van der Waals surface area contributed by atoms with Gasteiger partial charge in [0, 0.05) is 28.4 Å². The van der Waals surface area contributed by atoms with Crippen LogP contribution in [0.4, 0.5) is 0 Å². The van der Waals surface area contributed by atoms with E-state index in [1.807, 2.05) is 39.1 Å². The number of hydrogen-bond acceptors (Lipinski definition) is 2. The van der Waals surface area contributed by atoms with Gasteiger partial charge in [-0.1, -0.05) is 18.2 Å². The third-order valence-electron chi connectivity index (χ3n) is 3.34. The number of nitrogens with zero attached hydrogens (tertiary/aromatic N) is 1. The lowest BCUT2D eigenvalue weighted by Gasteiger charge is -2.14. The quantitative estimate of drug-likeness (QED) is 0.657. The Balaban J connectivity index is 2.20. The molecule has 0 aliphatic heterocycles. The van der Waals surface area contributed by atoms with Crippen LogP contribution < -0.4 is 5.73 Å². The molecule has 0 bridgehead atoms. The van der Waals surface area contributed by atoms with E-state index >= 15 is 0 Å². The Morgan fingerprint density at radius 1 is 1.21 bits per heavy atom. The van der Waals surface area contributed by atoms with Gasteiger partial charge in [-0.25, -0.2) is 4.98 Å². The molecule has 2 heterocycles. The smallest absolute Gasteiger partial charge is 0.126 e. The average Bonchev–Trinajstić information content (AvgIpc) is 2.91. The Kier molecular flexibility index (Phi) is 2.50. The second-order valence-electron chi connectivity index (χ2n) is 5.53. The second kappa shape index (κ2) is 3.96. The van der Waals surface area contributed by atoms with Gasteiger partial charge in [-0.3, -0.25) is 0 Å². The van der Waals surface area contributed by atoms with Gasteiger partial charge in [-0.2, -0.15) is 0 Å². The lowest BCUT2D eigenvalue weighted by Crippen LogP contribution is -2.30. The zero-order chi connectivity index (χ0) is 13.6. The normalized spacial score (nSPS) is 12.2. The summed E-state index contributed by atoms with van der Waals surface area (Å²) in [5, 5.41) is 1.18. The number of benzene rings is 1. The summed E-state index contributed by atoms with van der Waals surface area (Å²) in [4.78, 5) is 11.2. The number of nitrogens with two attached hydrogens (primary N) is 1. The predicted molar refractivity (Wildman–Crippen MR) is 77.8 cm³/mol. The first-order chi connectivity index (χ1) is 8.97. The van der Waals surface area contributed by atoms with Crippen molar-refractivity contribution in [3.05, 3.63) is 42.0 Å². The molecule has 0 unspecified atom stereocenters. The van der Waals surface area contributed by atoms with E-state index in [0.717, 1.165) is 28.3 Å². The maximum absolute atomic E-state index is 6.10. The zero-order valence-corrected chi connectivity index (χ0v) is 11.4. The van der Waals surface area contributed by atoms with Crippen molar-refractivity contribution in [3.8, 4) is 11.3 Å². The number of aromatic nitrogens is 3. The van der Waals surface area contributed by atoms with Crippen molar-refractivity contribution in [2.24, 2.45) is 5.73 Å². The molecule has 4 heteroatoms. The van der Waals surface area contributed by atoms with Crippen molar-refractivity contribution in [1.29, 1.82) is 0 Å². The van der Waals surface area contributed by atoms with Crippen LogP contribution in [0.25, 0.3) is 22.2 Å². The summed E-state index contributed by atoms with van der Waals surface area (Å²) in [6.07, 6.45) is 2.00. The summed E-state index contributed by atoms with van der Waals surface area (Å²) in [5.74, 6) is 0.810. The maximum atomic E-state index is 6.10. The molecule has 0 fully saturated rings. The summed E-state index contributed by atoms with van der Waals surface area (Å²) in [7, 11) is 0. The standard InChI is InChI=1S/C15H18N4/c1-9-13(19-14(18-9)15(2,3)16)11-8-17-12-7-5-4-6-10(11)12/h4-8,17H,16H2,1-3H3,(H,18,19). The van der Waals surface area contributed by atoms with E-state index in [0.29, 0.717) is 0 Å². The summed E-state index contributed by atoms with van der Waals surface area (Å²) in [5.41, 5.74) is 9.87. The van der Waals surface area contributed by atoms with Crippen LogP contribution in [-0.4, -0.2) is 15.0 Å². The second-order valence-corrected chi connectivity index (χ2v) is 5.53. The number of aromatic amines is 2. The maximum Gasteiger partial charge on any atom is 0.126 e. The van der Waals surface area contributed by atoms with Crippen LogP contribution >= 0.6 is 0 Å². The molecule has 0 saturated heterocycles. The molecule has 3 aromatic rings. The van der Waals surface area contributed by atoms with Crippen LogP contribution in [0.15, 0.2) is 30.5 Å². The van der Waals surface area contributed by atoms with Crippen molar-refractivity contribution in [1.82, 2.24) is 15.0 Å². The molecule has 0 spiro atoms. The van der Waals surface area contributed by atoms with Crippen LogP contribution in [0.5, 0.6) is 0 Å². The fourth-order valence-electron chi connectivity index (χ4n) is 2.30. The molecule has 4 nitrogen and oxygen atoms in total. The van der Waals surface area contributed by atoms with E-state index in [4.69, 9.17) is 5.73 Å². The SMILES string of the molecule is Cc1[nH]c(C(C)(C)N)nc1-c1c[nH]c2ccccc12. The number of H-pyrrole nitrogens is 2. The molecule has 19 heavy (non-hydrogen) atoms. The predicted octanol–water partition coefficient (Wildman–Crippen LogP) is 3.06. The van der Waals surface area contributed by atoms with Gasteiger partial charge in [0.05, 0.1) is 11.2 Å². The van der Waals surface area contributed by atoms with E-state index in [1.54, 1.807) is 0 Å². The van der Waals surface area contributed by atoms with Crippen molar-refractivity contribution >= 4 is 10.9 Å². The molecule has 0 saturated carbocycles. The molecular weight excluding hydrogens is 236 g/mol. The third-order valence-corrected chi connectivity index (χ3v) is 3.34. The highest BCUT2D eigenvalue weighted by atomic mass is 15.0. The highest BCUT2D eigenvalue weighted by Gasteiger charge is 2.21. The first kappa shape index (κ1) is 12.0. The van der Waals surface area contributed by atoms with E-state index < -0.39 is 5.54 Å². The molecule has 1 aromatic carbocycles. The Morgan fingerprint density at radius 3 is 2.63 bits per heavy atom. The van der Waals surface area contributed by atoms with Gasteiger partial charge in [0.1, 0.15) is 5.82 Å². The minimum Gasteiger partial charge on any atom is -0.360 e. The summed E-state index contributed by atoms with van der Waals surface area (Å²) >= 11 is 0. The van der Waals surface area contributed by atoms with Crippen molar-refractivity contribution in [2.75, 3.05) is 0 Å². The molecule has 0 aliphatic rings. The molecular formula is C15H18N4. The van der Waals surface area contributed by atoms with Gasteiger partial charge in [0.25, 0.3) is 0 Å². The minimum atomic E-state index is -0.463. The van der Waals surface area contributed by atoms with Crippen molar-refractivity contribution in [3.63, 3.8) is 0 Å². The van der Waals surface area contributed by atoms with Gasteiger partial charge in [0.15, 0.2) is 0 Å². The van der Waals surface area contributed by atoms with Crippen LogP contribution in [0.3, 0.4) is 0 Å². The number of nitrogens with one attached hydrogen (secondary N) is 2. The largest absolute Gasteiger partial charge is 0.360 e. The van der Waals surface area contributed by atoms with Gasteiger partial charge >= 0.3 is 0 Å². The summed E-state index contributed by atoms with van der Waals surface area (Å²) in [6.45, 7) is 5.92. The highest BCUT2D eigenvalue weighted by Crippen LogP contribution is 2.30. The number of rotatable bonds is 2. The first-order valence-corrected chi connectivity index (χ1v) is 6.39. The van der Waals surface area contributed by atoms with Crippen molar-refractivity contribution < 1.29 is 0 Å². The summed E-state index contributed by atoms with van der Waals surface area (Å²) in [6, 6.07) is 8.22. The first-order valence-electron chi connectivity index (χ1n) is 6.39. The Hall–Kier alpha value is -2.07. The number of para-hydroxylation sites is 1. The molecule has 3 rings (SSSR count). The number of fused-ring (bicyclic) bond motifs is 1. The number of aryl methyl sites for hydroxylation is 1. The molecule has 98 valence electrons. The van der Waals surface area contributed by atoms with Crippen LogP contribution in [0.2, 0.25) is 0 Å². The molecule has 2 aromatic heterocycles. The van der Waals surface area contributed by atoms with Gasteiger partial charge in [-0.15, -0.1) is 0 Å². The minimum absolute atomic E-state index is 0.463. The molecule has 4 N–H and O–H groups in total. The van der Waals surface area contributed by atoms with Crippen LogP contribution in [0.1, 0.15) is 25.4 Å². The van der Waals surface area contributed by atoms with E-state index in [2.05, 4.69) is 27.1 Å². The number of imidazole rings is 1. The summed E-state index contributed by atoms with van der Waals surface area (Å²) < 4.78 is 0. The Bertz CT molecular complexity index is 728. The van der Waals surface area contributed by atoms with E-state index in [-0.39, 0.29) is 0 Å². The topological polar surface area (TPSA) is 70.5 Å².